The van der Waals surface area contributed by atoms with E-state index in [0.717, 1.165) is 22.3 Å². The Hall–Kier alpha value is -3.40. The first-order valence-electron chi connectivity index (χ1n) is 12.6. The smallest absolute Gasteiger partial charge is 0.242 e. The van der Waals surface area contributed by atoms with Crippen LogP contribution in [0.5, 0.6) is 0 Å². The van der Waals surface area contributed by atoms with Crippen LogP contribution < -0.4 is 5.32 Å². The van der Waals surface area contributed by atoms with Crippen LogP contribution in [0.15, 0.2) is 84.9 Å². The fourth-order valence-corrected chi connectivity index (χ4v) is 4.44. The Morgan fingerprint density at radius 2 is 1.46 bits per heavy atom. The summed E-state index contributed by atoms with van der Waals surface area (Å²) in [4.78, 5) is 29.0. The molecule has 3 rings (SSSR count). The zero-order valence-electron chi connectivity index (χ0n) is 21.4. The number of amides is 2. The second-order valence-corrected chi connectivity index (χ2v) is 9.65. The molecule has 4 heteroatoms. The normalized spacial score (nSPS) is 11.9. The fourth-order valence-electron chi connectivity index (χ4n) is 4.44. The van der Waals surface area contributed by atoms with Crippen LogP contribution in [-0.2, 0) is 16.1 Å². The quantitative estimate of drug-likeness (QED) is 0.368. The SMILES string of the molecule is CC[C@H](C(=O)NCC(C)C)N(Cc1cccc(C)c1)C(=O)CC(c1ccccc1)c1ccccc1. The first-order chi connectivity index (χ1) is 16.9. The van der Waals surface area contributed by atoms with Crippen LogP contribution in [0.2, 0.25) is 0 Å². The Morgan fingerprint density at radius 3 is 1.97 bits per heavy atom. The van der Waals surface area contributed by atoms with Crippen LogP contribution in [0.1, 0.15) is 61.8 Å². The van der Waals surface area contributed by atoms with Gasteiger partial charge in [-0.15, -0.1) is 0 Å². The standard InChI is InChI=1S/C31H38N2O2/c1-5-29(31(35)32-21-23(2)3)33(22-25-14-12-13-24(4)19-25)30(34)20-28(26-15-8-6-9-16-26)27-17-10-7-11-18-27/h6-19,23,28-29H,5,20-22H2,1-4H3,(H,32,35)/t29-/m1/s1. The van der Waals surface area contributed by atoms with Crippen LogP contribution in [-0.4, -0.2) is 29.3 Å². The monoisotopic (exact) mass is 470 g/mol. The molecule has 1 N–H and O–H groups in total. The number of nitrogens with one attached hydrogen (secondary N) is 1. The minimum Gasteiger partial charge on any atom is -0.354 e. The number of benzene rings is 3. The second-order valence-electron chi connectivity index (χ2n) is 9.65. The lowest BCUT2D eigenvalue weighted by atomic mass is 9.88. The third-order valence-corrected chi connectivity index (χ3v) is 6.29. The summed E-state index contributed by atoms with van der Waals surface area (Å²) in [6.45, 7) is 9.16. The van der Waals surface area contributed by atoms with E-state index in [1.807, 2.05) is 68.4 Å². The molecule has 0 fully saturated rings. The molecule has 0 radical (unpaired) electrons. The topological polar surface area (TPSA) is 49.4 Å². The zero-order chi connectivity index (χ0) is 25.2. The van der Waals surface area contributed by atoms with Crippen molar-refractivity contribution in [1.82, 2.24) is 10.2 Å². The minimum atomic E-state index is -0.519. The van der Waals surface area contributed by atoms with Gasteiger partial charge in [0, 0.05) is 25.4 Å². The van der Waals surface area contributed by atoms with Gasteiger partial charge in [-0.3, -0.25) is 9.59 Å². The fraction of sp³-hybridized carbons (Fsp3) is 0.355. The van der Waals surface area contributed by atoms with Crippen molar-refractivity contribution in [3.63, 3.8) is 0 Å². The Balaban J connectivity index is 1.93. The van der Waals surface area contributed by atoms with Crippen LogP contribution in [0.25, 0.3) is 0 Å². The largest absolute Gasteiger partial charge is 0.354 e. The molecule has 184 valence electrons. The van der Waals surface area contributed by atoms with Crippen molar-refractivity contribution in [3.05, 3.63) is 107 Å². The lowest BCUT2D eigenvalue weighted by Gasteiger charge is -2.32. The molecule has 1 atom stereocenters. The molecule has 3 aromatic rings. The van der Waals surface area contributed by atoms with E-state index in [2.05, 4.69) is 49.5 Å². The highest BCUT2D eigenvalue weighted by atomic mass is 16.2. The first-order valence-corrected chi connectivity index (χ1v) is 12.6. The van der Waals surface area contributed by atoms with Gasteiger partial charge in [0.25, 0.3) is 0 Å². The molecule has 0 unspecified atom stereocenters. The maximum absolute atomic E-state index is 14.0. The van der Waals surface area contributed by atoms with Gasteiger partial charge in [-0.25, -0.2) is 0 Å². The van der Waals surface area contributed by atoms with Crippen LogP contribution in [0.3, 0.4) is 0 Å². The van der Waals surface area contributed by atoms with Crippen molar-refractivity contribution in [1.29, 1.82) is 0 Å². The molecule has 0 spiro atoms. The first kappa shape index (κ1) is 26.2. The number of carbonyl (C=O) groups excluding carboxylic acids is 2. The molecule has 35 heavy (non-hydrogen) atoms. The zero-order valence-corrected chi connectivity index (χ0v) is 21.4. The Labute approximate surface area is 210 Å². The lowest BCUT2D eigenvalue weighted by Crippen LogP contribution is -2.49. The average Bonchev–Trinajstić information content (AvgIpc) is 2.86. The van der Waals surface area contributed by atoms with E-state index in [-0.39, 0.29) is 17.7 Å². The van der Waals surface area contributed by atoms with Gasteiger partial charge in [0.2, 0.25) is 11.8 Å². The van der Waals surface area contributed by atoms with Gasteiger partial charge in [0.1, 0.15) is 6.04 Å². The van der Waals surface area contributed by atoms with E-state index in [4.69, 9.17) is 0 Å². The van der Waals surface area contributed by atoms with E-state index in [0.29, 0.717) is 31.8 Å². The summed E-state index contributed by atoms with van der Waals surface area (Å²) < 4.78 is 0. The number of nitrogens with zero attached hydrogens (tertiary/aromatic N) is 1. The maximum Gasteiger partial charge on any atom is 0.242 e. The molecule has 4 nitrogen and oxygen atoms in total. The van der Waals surface area contributed by atoms with Gasteiger partial charge in [-0.1, -0.05) is 111 Å². The number of rotatable bonds is 11. The summed E-state index contributed by atoms with van der Waals surface area (Å²) >= 11 is 0. The molecule has 0 aliphatic carbocycles. The molecule has 0 aromatic heterocycles. The summed E-state index contributed by atoms with van der Waals surface area (Å²) in [6, 6.07) is 27.9. The molecule has 0 saturated heterocycles. The van der Waals surface area contributed by atoms with Gasteiger partial charge in [-0.2, -0.15) is 0 Å². The predicted octanol–water partition coefficient (Wildman–Crippen LogP) is 6.10. The third-order valence-electron chi connectivity index (χ3n) is 6.29. The summed E-state index contributed by atoms with van der Waals surface area (Å²) in [5.74, 6) is 0.160. The summed E-state index contributed by atoms with van der Waals surface area (Å²) in [5, 5.41) is 3.05. The van der Waals surface area contributed by atoms with Gasteiger partial charge in [-0.05, 0) is 36.0 Å². The average molecular weight is 471 g/mol. The highest BCUT2D eigenvalue weighted by Crippen LogP contribution is 2.29. The van der Waals surface area contributed by atoms with Gasteiger partial charge in [0.05, 0.1) is 0 Å². The molecule has 0 aliphatic rings. The van der Waals surface area contributed by atoms with Crippen molar-refractivity contribution < 1.29 is 9.59 Å². The highest BCUT2D eigenvalue weighted by molar-refractivity contribution is 5.88. The van der Waals surface area contributed by atoms with E-state index >= 15 is 0 Å². The Morgan fingerprint density at radius 1 is 0.857 bits per heavy atom. The van der Waals surface area contributed by atoms with Gasteiger partial charge in [0.15, 0.2) is 0 Å². The molecule has 0 aliphatic heterocycles. The molecule has 2 amide bonds. The molecular formula is C31H38N2O2. The summed E-state index contributed by atoms with van der Waals surface area (Å²) in [5.41, 5.74) is 4.36. The summed E-state index contributed by atoms with van der Waals surface area (Å²) in [7, 11) is 0. The van der Waals surface area contributed by atoms with Gasteiger partial charge < -0.3 is 10.2 Å². The minimum absolute atomic E-state index is 0.0178. The van der Waals surface area contributed by atoms with Crippen molar-refractivity contribution in [2.24, 2.45) is 5.92 Å². The molecule has 0 heterocycles. The van der Waals surface area contributed by atoms with Crippen molar-refractivity contribution in [2.45, 2.75) is 59.0 Å². The predicted molar refractivity (Wildman–Crippen MR) is 143 cm³/mol. The molecule has 0 bridgehead atoms. The van der Waals surface area contributed by atoms with Crippen LogP contribution in [0.4, 0.5) is 0 Å². The third kappa shape index (κ3) is 7.54. The number of hydrogen-bond donors (Lipinski definition) is 1. The van der Waals surface area contributed by atoms with Crippen molar-refractivity contribution >= 4 is 11.8 Å². The number of hydrogen-bond acceptors (Lipinski definition) is 2. The molecule has 3 aromatic carbocycles. The maximum atomic E-state index is 14.0. The Bertz CT molecular complexity index is 1040. The second kappa shape index (κ2) is 12.9. The molecular weight excluding hydrogens is 432 g/mol. The van der Waals surface area contributed by atoms with Crippen LogP contribution in [0, 0.1) is 12.8 Å². The molecule has 0 saturated carbocycles. The van der Waals surface area contributed by atoms with Crippen molar-refractivity contribution in [3.8, 4) is 0 Å². The van der Waals surface area contributed by atoms with E-state index in [1.165, 1.54) is 0 Å². The van der Waals surface area contributed by atoms with E-state index in [1.54, 1.807) is 4.90 Å². The van der Waals surface area contributed by atoms with Crippen LogP contribution >= 0.6 is 0 Å². The highest BCUT2D eigenvalue weighted by Gasteiger charge is 2.30. The summed E-state index contributed by atoms with van der Waals surface area (Å²) in [6.07, 6.45) is 0.858. The van der Waals surface area contributed by atoms with E-state index in [9.17, 15) is 9.59 Å². The number of aryl methyl sites for hydroxylation is 1. The van der Waals surface area contributed by atoms with Gasteiger partial charge >= 0.3 is 0 Å². The number of carbonyl (C=O) groups is 2. The van der Waals surface area contributed by atoms with Crippen molar-refractivity contribution in [2.75, 3.05) is 6.54 Å². The van der Waals surface area contributed by atoms with E-state index < -0.39 is 6.04 Å². The Kier molecular flexibility index (Phi) is 9.66. The lowest BCUT2D eigenvalue weighted by molar-refractivity contribution is -0.141.